The summed E-state index contributed by atoms with van der Waals surface area (Å²) >= 11 is 0. The average Bonchev–Trinajstić information content (AvgIpc) is 2.64. The Kier molecular flexibility index (Phi) is 6.05. The minimum atomic E-state index is 0.121. The highest BCUT2D eigenvalue weighted by Crippen LogP contribution is 2.23. The van der Waals surface area contributed by atoms with Gasteiger partial charge in [0.05, 0.1) is 5.69 Å². The summed E-state index contributed by atoms with van der Waals surface area (Å²) in [5, 5.41) is 8.14. The third-order valence-corrected chi connectivity index (χ3v) is 3.32. The molecule has 1 aromatic rings. The van der Waals surface area contributed by atoms with Crippen molar-refractivity contribution in [2.45, 2.75) is 65.8 Å². The molecule has 0 atom stereocenters. The van der Waals surface area contributed by atoms with Gasteiger partial charge in [0.2, 0.25) is 0 Å². The van der Waals surface area contributed by atoms with Crippen LogP contribution in [0.4, 0.5) is 0 Å². The fourth-order valence-corrected chi connectivity index (χ4v) is 2.32. The summed E-state index contributed by atoms with van der Waals surface area (Å²) in [5.41, 5.74) is 2.67. The SMILES string of the molecule is CC(C)CCCCNCc1cn(C)nc1C(C)(C)C. The van der Waals surface area contributed by atoms with E-state index in [4.69, 9.17) is 0 Å². The number of nitrogens with zero attached hydrogens (tertiary/aromatic N) is 2. The van der Waals surface area contributed by atoms with Gasteiger partial charge in [0.1, 0.15) is 0 Å². The Hall–Kier alpha value is -0.830. The second kappa shape index (κ2) is 7.09. The summed E-state index contributed by atoms with van der Waals surface area (Å²) in [6.07, 6.45) is 6.07. The molecule has 0 unspecified atom stereocenters. The zero-order valence-corrected chi connectivity index (χ0v) is 13.6. The van der Waals surface area contributed by atoms with E-state index in [-0.39, 0.29) is 5.41 Å². The zero-order chi connectivity index (χ0) is 14.5. The topological polar surface area (TPSA) is 29.9 Å². The van der Waals surface area contributed by atoms with E-state index in [0.29, 0.717) is 0 Å². The molecule has 1 heterocycles. The highest BCUT2D eigenvalue weighted by atomic mass is 15.3. The summed E-state index contributed by atoms with van der Waals surface area (Å²) in [7, 11) is 2.00. The largest absolute Gasteiger partial charge is 0.313 e. The molecule has 110 valence electrons. The molecule has 1 N–H and O–H groups in total. The Labute approximate surface area is 118 Å². The summed E-state index contributed by atoms with van der Waals surface area (Å²) in [6.45, 7) is 13.3. The fraction of sp³-hybridized carbons (Fsp3) is 0.812. The van der Waals surface area contributed by atoms with Crippen LogP contribution in [0.1, 0.15) is 65.1 Å². The Balaban J connectivity index is 2.37. The first-order valence-electron chi connectivity index (χ1n) is 7.54. The molecule has 0 bridgehead atoms. The van der Waals surface area contributed by atoms with Crippen molar-refractivity contribution in [3.8, 4) is 0 Å². The number of aromatic nitrogens is 2. The smallest absolute Gasteiger partial charge is 0.0722 e. The van der Waals surface area contributed by atoms with Crippen LogP contribution in [-0.4, -0.2) is 16.3 Å². The number of hydrogen-bond acceptors (Lipinski definition) is 2. The summed E-state index contributed by atoms with van der Waals surface area (Å²) in [5.74, 6) is 0.825. The molecule has 1 rings (SSSR count). The molecule has 0 fully saturated rings. The van der Waals surface area contributed by atoms with Gasteiger partial charge in [0.25, 0.3) is 0 Å². The van der Waals surface area contributed by atoms with Crippen molar-refractivity contribution in [1.29, 1.82) is 0 Å². The lowest BCUT2D eigenvalue weighted by atomic mass is 9.89. The van der Waals surface area contributed by atoms with E-state index in [1.807, 2.05) is 11.7 Å². The van der Waals surface area contributed by atoms with Crippen LogP contribution in [0.25, 0.3) is 0 Å². The first-order chi connectivity index (χ1) is 8.80. The number of unbranched alkanes of at least 4 members (excludes halogenated alkanes) is 1. The van der Waals surface area contributed by atoms with Crippen LogP contribution in [0.3, 0.4) is 0 Å². The van der Waals surface area contributed by atoms with Gasteiger partial charge in [-0.3, -0.25) is 4.68 Å². The molecule has 0 saturated carbocycles. The van der Waals surface area contributed by atoms with Gasteiger partial charge in [-0.2, -0.15) is 5.10 Å². The Morgan fingerprint density at radius 3 is 2.53 bits per heavy atom. The molecule has 3 nitrogen and oxygen atoms in total. The van der Waals surface area contributed by atoms with Crippen molar-refractivity contribution >= 4 is 0 Å². The molecule has 0 spiro atoms. The summed E-state index contributed by atoms with van der Waals surface area (Å²) in [4.78, 5) is 0. The first kappa shape index (κ1) is 16.2. The molecular weight excluding hydrogens is 234 g/mol. The predicted molar refractivity (Wildman–Crippen MR) is 82.3 cm³/mol. The second-order valence-corrected chi connectivity index (χ2v) is 6.99. The van der Waals surface area contributed by atoms with Gasteiger partial charge in [-0.25, -0.2) is 0 Å². The van der Waals surface area contributed by atoms with E-state index in [1.54, 1.807) is 0 Å². The van der Waals surface area contributed by atoms with Crippen LogP contribution in [0.5, 0.6) is 0 Å². The monoisotopic (exact) mass is 265 g/mol. The molecule has 0 amide bonds. The number of rotatable bonds is 7. The zero-order valence-electron chi connectivity index (χ0n) is 13.6. The van der Waals surface area contributed by atoms with E-state index in [0.717, 1.165) is 19.0 Å². The molecule has 0 radical (unpaired) electrons. The van der Waals surface area contributed by atoms with Gasteiger partial charge in [-0.1, -0.05) is 47.5 Å². The molecular formula is C16H31N3. The standard InChI is InChI=1S/C16H31N3/c1-13(2)9-7-8-10-17-11-14-12-19(6)18-15(14)16(3,4)5/h12-13,17H,7-11H2,1-6H3. The van der Waals surface area contributed by atoms with Gasteiger partial charge in [0, 0.05) is 30.8 Å². The van der Waals surface area contributed by atoms with Crippen LogP contribution in [0.2, 0.25) is 0 Å². The number of nitrogens with one attached hydrogen (secondary N) is 1. The van der Waals surface area contributed by atoms with Gasteiger partial charge < -0.3 is 5.32 Å². The van der Waals surface area contributed by atoms with Crippen molar-refractivity contribution < 1.29 is 0 Å². The highest BCUT2D eigenvalue weighted by Gasteiger charge is 2.21. The summed E-state index contributed by atoms with van der Waals surface area (Å²) in [6, 6.07) is 0. The van der Waals surface area contributed by atoms with Crippen LogP contribution in [-0.2, 0) is 19.0 Å². The van der Waals surface area contributed by atoms with Crippen molar-refractivity contribution in [2.24, 2.45) is 13.0 Å². The Morgan fingerprint density at radius 2 is 1.95 bits per heavy atom. The van der Waals surface area contributed by atoms with Crippen molar-refractivity contribution in [2.75, 3.05) is 6.54 Å². The van der Waals surface area contributed by atoms with Crippen LogP contribution < -0.4 is 5.32 Å². The highest BCUT2D eigenvalue weighted by molar-refractivity contribution is 5.23. The van der Waals surface area contributed by atoms with Gasteiger partial charge in [-0.15, -0.1) is 0 Å². The molecule has 0 aliphatic carbocycles. The number of aryl methyl sites for hydroxylation is 1. The van der Waals surface area contributed by atoms with Crippen LogP contribution in [0.15, 0.2) is 6.20 Å². The summed E-state index contributed by atoms with van der Waals surface area (Å²) < 4.78 is 1.93. The van der Waals surface area contributed by atoms with E-state index >= 15 is 0 Å². The van der Waals surface area contributed by atoms with Gasteiger partial charge in [0.15, 0.2) is 0 Å². The minimum Gasteiger partial charge on any atom is -0.313 e. The van der Waals surface area contributed by atoms with E-state index < -0.39 is 0 Å². The lowest BCUT2D eigenvalue weighted by molar-refractivity contribution is 0.515. The fourth-order valence-electron chi connectivity index (χ4n) is 2.32. The number of hydrogen-bond donors (Lipinski definition) is 1. The third kappa shape index (κ3) is 5.77. The molecule has 0 aliphatic rings. The molecule has 3 heteroatoms. The van der Waals surface area contributed by atoms with Crippen molar-refractivity contribution in [3.05, 3.63) is 17.5 Å². The normalized spacial score (nSPS) is 12.4. The Bertz CT molecular complexity index is 372. The molecule has 0 saturated heterocycles. The van der Waals surface area contributed by atoms with E-state index in [9.17, 15) is 0 Å². The van der Waals surface area contributed by atoms with Gasteiger partial charge in [-0.05, 0) is 18.9 Å². The van der Waals surface area contributed by atoms with Gasteiger partial charge >= 0.3 is 0 Å². The second-order valence-electron chi connectivity index (χ2n) is 6.99. The first-order valence-corrected chi connectivity index (χ1v) is 7.54. The maximum absolute atomic E-state index is 4.60. The van der Waals surface area contributed by atoms with Crippen molar-refractivity contribution in [1.82, 2.24) is 15.1 Å². The van der Waals surface area contributed by atoms with E-state index in [1.165, 1.54) is 30.5 Å². The molecule has 1 aromatic heterocycles. The van der Waals surface area contributed by atoms with E-state index in [2.05, 4.69) is 51.2 Å². The minimum absolute atomic E-state index is 0.121. The molecule has 19 heavy (non-hydrogen) atoms. The molecule has 0 aliphatic heterocycles. The van der Waals surface area contributed by atoms with Crippen LogP contribution in [0, 0.1) is 5.92 Å². The lowest BCUT2D eigenvalue weighted by Crippen LogP contribution is -2.20. The predicted octanol–water partition coefficient (Wildman–Crippen LogP) is 3.63. The maximum atomic E-state index is 4.60. The average molecular weight is 265 g/mol. The lowest BCUT2D eigenvalue weighted by Gasteiger charge is -2.17. The maximum Gasteiger partial charge on any atom is 0.0722 e. The quantitative estimate of drug-likeness (QED) is 0.763. The third-order valence-electron chi connectivity index (χ3n) is 3.32. The van der Waals surface area contributed by atoms with Crippen molar-refractivity contribution in [3.63, 3.8) is 0 Å². The van der Waals surface area contributed by atoms with Crippen LogP contribution >= 0.6 is 0 Å². The Morgan fingerprint density at radius 1 is 1.26 bits per heavy atom. The molecule has 0 aromatic carbocycles.